The summed E-state index contributed by atoms with van der Waals surface area (Å²) in [5.74, 6) is 0.348. The summed E-state index contributed by atoms with van der Waals surface area (Å²) in [7, 11) is 3.80. The third kappa shape index (κ3) is 7.88. The first-order valence-electron chi connectivity index (χ1n) is 19.7. The molecule has 3 aliphatic heterocycles. The van der Waals surface area contributed by atoms with Gasteiger partial charge < -0.3 is 28.4 Å². The van der Waals surface area contributed by atoms with Crippen LogP contribution >= 0.6 is 0 Å². The van der Waals surface area contributed by atoms with E-state index in [9.17, 15) is 4.79 Å². The Hall–Kier alpha value is -3.62. The van der Waals surface area contributed by atoms with Crippen molar-refractivity contribution in [2.75, 3.05) is 47.6 Å². The van der Waals surface area contributed by atoms with Gasteiger partial charge in [0, 0.05) is 45.7 Å². The number of esters is 1. The van der Waals surface area contributed by atoms with Gasteiger partial charge in [0.15, 0.2) is 23.6 Å². The molecule has 0 bridgehead atoms. The van der Waals surface area contributed by atoms with Crippen molar-refractivity contribution in [1.29, 1.82) is 0 Å². The number of aromatic nitrogens is 4. The zero-order valence-electron chi connectivity index (χ0n) is 33.1. The second-order valence-corrected chi connectivity index (χ2v) is 22.0. The zero-order chi connectivity index (χ0) is 38.1. The number of fused-ring (bicyclic) bond motifs is 2. The van der Waals surface area contributed by atoms with E-state index < -0.39 is 19.9 Å². The average Bonchev–Trinajstić information content (AvgIpc) is 3.73. The van der Waals surface area contributed by atoms with Crippen molar-refractivity contribution < 1.29 is 28.1 Å². The summed E-state index contributed by atoms with van der Waals surface area (Å²) in [6.45, 7) is 13.4. The highest BCUT2D eigenvalue weighted by molar-refractivity contribution is 6.76. The SMILES string of the molecule is CCc1cc(OC)c(F)cc1-c1ccc2c(-c3nc4c(n3COCC[Si](C)(C)C)CN(C3CCN(C)CC3)C(C(=O)OC)C4)nn(C3CCCCO3)c2c1. The molecule has 7 rings (SSSR count). The van der Waals surface area contributed by atoms with Crippen molar-refractivity contribution in [2.24, 2.45) is 0 Å². The summed E-state index contributed by atoms with van der Waals surface area (Å²) in [5.41, 5.74) is 6.31. The lowest BCUT2D eigenvalue weighted by molar-refractivity contribution is -0.149. The van der Waals surface area contributed by atoms with Gasteiger partial charge in [-0.1, -0.05) is 32.6 Å². The molecule has 2 aromatic heterocycles. The number of likely N-dealkylation sites (tertiary alicyclic amines) is 1. The molecule has 0 N–H and O–H groups in total. The minimum Gasteiger partial charge on any atom is -0.494 e. The summed E-state index contributed by atoms with van der Waals surface area (Å²) in [6, 6.07) is 10.5. The lowest BCUT2D eigenvalue weighted by Crippen LogP contribution is -2.54. The highest BCUT2D eigenvalue weighted by Crippen LogP contribution is 2.39. The Labute approximate surface area is 319 Å². The Balaban J connectivity index is 1.36. The topological polar surface area (TPSA) is 96.1 Å². The van der Waals surface area contributed by atoms with Crippen LogP contribution < -0.4 is 4.74 Å². The molecule has 4 aromatic rings. The summed E-state index contributed by atoms with van der Waals surface area (Å²) in [4.78, 5) is 23.4. The lowest BCUT2D eigenvalue weighted by atomic mass is 9.95. The predicted molar refractivity (Wildman–Crippen MR) is 211 cm³/mol. The van der Waals surface area contributed by atoms with Gasteiger partial charge in [-0.15, -0.1) is 0 Å². The van der Waals surface area contributed by atoms with Crippen molar-refractivity contribution >= 4 is 24.9 Å². The Morgan fingerprint density at radius 1 is 1.07 bits per heavy atom. The molecule has 2 saturated heterocycles. The van der Waals surface area contributed by atoms with E-state index in [4.69, 9.17) is 29.0 Å². The molecule has 0 saturated carbocycles. The number of ether oxygens (including phenoxy) is 4. The smallest absolute Gasteiger partial charge is 0.323 e. The fourth-order valence-corrected chi connectivity index (χ4v) is 9.05. The van der Waals surface area contributed by atoms with Gasteiger partial charge in [-0.2, -0.15) is 5.10 Å². The quantitative estimate of drug-likeness (QED) is 0.0839. The molecule has 5 heterocycles. The van der Waals surface area contributed by atoms with Crippen LogP contribution in [0.2, 0.25) is 25.7 Å². The summed E-state index contributed by atoms with van der Waals surface area (Å²) < 4.78 is 42.9. The number of rotatable bonds is 12. The van der Waals surface area contributed by atoms with Crippen LogP contribution in [0.15, 0.2) is 30.3 Å². The van der Waals surface area contributed by atoms with E-state index in [0.29, 0.717) is 32.9 Å². The van der Waals surface area contributed by atoms with Gasteiger partial charge in [0.1, 0.15) is 18.5 Å². The second-order valence-electron chi connectivity index (χ2n) is 16.4. The minimum absolute atomic E-state index is 0.222. The highest BCUT2D eigenvalue weighted by atomic mass is 28.3. The van der Waals surface area contributed by atoms with Gasteiger partial charge >= 0.3 is 5.97 Å². The van der Waals surface area contributed by atoms with Crippen molar-refractivity contribution in [2.45, 2.75) is 109 Å². The monoisotopic (exact) mass is 760 g/mol. The zero-order valence-corrected chi connectivity index (χ0v) is 34.1. The number of benzene rings is 2. The van der Waals surface area contributed by atoms with Gasteiger partial charge in [-0.25, -0.2) is 14.1 Å². The van der Waals surface area contributed by atoms with Gasteiger partial charge in [-0.05, 0) is 106 Å². The molecule has 0 spiro atoms. The fourth-order valence-electron chi connectivity index (χ4n) is 8.30. The van der Waals surface area contributed by atoms with Crippen LogP contribution in [-0.4, -0.2) is 103 Å². The molecule has 13 heteroatoms. The average molecular weight is 761 g/mol. The first-order chi connectivity index (χ1) is 26.0. The molecule has 292 valence electrons. The number of methoxy groups -OCH3 is 2. The molecule has 54 heavy (non-hydrogen) atoms. The van der Waals surface area contributed by atoms with E-state index in [2.05, 4.69) is 60.1 Å². The number of hydrogen-bond donors (Lipinski definition) is 0. The van der Waals surface area contributed by atoms with Crippen molar-refractivity contribution in [3.8, 4) is 28.4 Å². The number of carbonyl (C=O) groups excluding carboxylic acids is 1. The van der Waals surface area contributed by atoms with Crippen LogP contribution in [-0.2, 0) is 45.1 Å². The summed E-state index contributed by atoms with van der Waals surface area (Å²) in [6.07, 6.45) is 5.82. The van der Waals surface area contributed by atoms with Crippen LogP contribution in [0.3, 0.4) is 0 Å². The molecule has 2 aromatic carbocycles. The van der Waals surface area contributed by atoms with Gasteiger partial charge in [0.2, 0.25) is 0 Å². The molecule has 0 radical (unpaired) electrons. The number of aryl methyl sites for hydroxylation is 1. The molecular formula is C41H57FN6O5Si. The number of piperidine rings is 1. The number of imidazole rings is 1. The van der Waals surface area contributed by atoms with E-state index in [1.165, 1.54) is 14.2 Å². The first kappa shape index (κ1) is 38.6. The summed E-state index contributed by atoms with van der Waals surface area (Å²) >= 11 is 0. The van der Waals surface area contributed by atoms with E-state index >= 15 is 4.39 Å². The van der Waals surface area contributed by atoms with Crippen molar-refractivity contribution in [1.82, 2.24) is 29.1 Å². The third-order valence-corrected chi connectivity index (χ3v) is 13.2. The first-order valence-corrected chi connectivity index (χ1v) is 23.4. The van der Waals surface area contributed by atoms with E-state index in [1.807, 2.05) is 10.7 Å². The van der Waals surface area contributed by atoms with Crippen LogP contribution in [0, 0.1) is 5.82 Å². The van der Waals surface area contributed by atoms with Crippen LogP contribution in [0.4, 0.5) is 4.39 Å². The second kappa shape index (κ2) is 16.2. The fraction of sp³-hybridized carbons (Fsp3) is 0.585. The molecule has 3 aliphatic rings. The van der Waals surface area contributed by atoms with Gasteiger partial charge in [0.05, 0.1) is 31.1 Å². The minimum atomic E-state index is -1.33. The molecule has 2 atom stereocenters. The van der Waals surface area contributed by atoms with Crippen molar-refractivity contribution in [3.63, 3.8) is 0 Å². The lowest BCUT2D eigenvalue weighted by Gasteiger charge is -2.42. The Kier molecular flexibility index (Phi) is 11.6. The molecule has 0 amide bonds. The highest BCUT2D eigenvalue weighted by Gasteiger charge is 2.41. The number of halogens is 1. The van der Waals surface area contributed by atoms with E-state index in [0.717, 1.165) is 108 Å². The third-order valence-electron chi connectivity index (χ3n) is 11.5. The number of carbonyl (C=O) groups is 1. The molecule has 0 aliphatic carbocycles. The maximum atomic E-state index is 15.2. The van der Waals surface area contributed by atoms with Crippen LogP contribution in [0.1, 0.15) is 62.2 Å². The molecule has 11 nitrogen and oxygen atoms in total. The van der Waals surface area contributed by atoms with Crippen LogP contribution in [0.5, 0.6) is 5.75 Å². The maximum absolute atomic E-state index is 15.2. The number of nitrogens with zero attached hydrogens (tertiary/aromatic N) is 6. The predicted octanol–water partition coefficient (Wildman–Crippen LogP) is 7.28. The normalized spacial score (nSPS) is 20.4. The largest absolute Gasteiger partial charge is 0.494 e. The van der Waals surface area contributed by atoms with E-state index in [-0.39, 0.29) is 24.0 Å². The molecular weight excluding hydrogens is 704 g/mol. The van der Waals surface area contributed by atoms with Crippen molar-refractivity contribution in [3.05, 3.63) is 53.1 Å². The summed E-state index contributed by atoms with van der Waals surface area (Å²) in [5, 5.41) is 6.25. The number of hydrogen-bond acceptors (Lipinski definition) is 9. The van der Waals surface area contributed by atoms with E-state index in [1.54, 1.807) is 12.1 Å². The Morgan fingerprint density at radius 3 is 2.56 bits per heavy atom. The maximum Gasteiger partial charge on any atom is 0.323 e. The molecule has 2 unspecified atom stereocenters. The van der Waals surface area contributed by atoms with Crippen LogP contribution in [0.25, 0.3) is 33.5 Å². The Morgan fingerprint density at radius 2 is 1.87 bits per heavy atom. The van der Waals surface area contributed by atoms with Gasteiger partial charge in [0.25, 0.3) is 0 Å². The van der Waals surface area contributed by atoms with Gasteiger partial charge in [-0.3, -0.25) is 9.69 Å². The Bertz CT molecular complexity index is 1960. The molecule has 2 fully saturated rings. The standard InChI is InChI=1S/C41H57FN6O5Si/c1-8-27-22-37(50-3)32(42)23-31(27)28-12-13-30-34(21-28)48(38-11-9-10-18-53-38)44-39(30)40-43-33-24-35(41(49)51-4)46(29-14-16-45(2)17-15-29)25-36(33)47(40)26-52-19-20-54(5,6)7/h12-13,21-23,29,35,38H,8-11,14-20,24-26H2,1-7H3.